The number of amides is 1. The van der Waals surface area contributed by atoms with Crippen molar-refractivity contribution >= 4 is 44.2 Å². The van der Waals surface area contributed by atoms with Gasteiger partial charge >= 0.3 is 5.97 Å². The number of hydrogen-bond acceptors (Lipinski definition) is 3. The van der Waals surface area contributed by atoms with Crippen LogP contribution in [0, 0.1) is 0 Å². The summed E-state index contributed by atoms with van der Waals surface area (Å²) in [5.41, 5.74) is 0.338. The maximum absolute atomic E-state index is 11.4. The molecule has 1 unspecified atom stereocenters. The van der Waals surface area contributed by atoms with Gasteiger partial charge in [-0.05, 0) is 50.8 Å². The molecule has 1 fully saturated rings. The van der Waals surface area contributed by atoms with Gasteiger partial charge in [0.05, 0.1) is 5.69 Å². The Hall–Kier alpha value is -0.950. The van der Waals surface area contributed by atoms with Gasteiger partial charge in [0.15, 0.2) is 6.04 Å². The Labute approximate surface area is 120 Å². The topological polar surface area (TPSA) is 70.5 Å². The zero-order valence-corrected chi connectivity index (χ0v) is 12.4. The van der Waals surface area contributed by atoms with Crippen molar-refractivity contribution in [3.05, 3.63) is 26.9 Å². The number of carbonyl (C=O) groups excluding carboxylic acids is 1. The van der Waals surface area contributed by atoms with Crippen LogP contribution in [0.3, 0.4) is 0 Å². The van der Waals surface area contributed by atoms with E-state index in [-0.39, 0.29) is 6.04 Å². The fourth-order valence-corrected chi connectivity index (χ4v) is 2.95. The molecule has 18 heavy (non-hydrogen) atoms. The quantitative estimate of drug-likeness (QED) is 0.799. The summed E-state index contributed by atoms with van der Waals surface area (Å²) in [4.78, 5) is 27.9. The molecule has 1 aliphatic carbocycles. The Morgan fingerprint density at radius 2 is 2.22 bits per heavy atom. The second-order valence-electron chi connectivity index (χ2n) is 4.05. The van der Waals surface area contributed by atoms with E-state index in [0.29, 0.717) is 16.6 Å². The summed E-state index contributed by atoms with van der Waals surface area (Å²) in [5.74, 6) is -1.08. The van der Waals surface area contributed by atoms with Crippen molar-refractivity contribution in [2.75, 3.05) is 0 Å². The Bertz CT molecular complexity index is 491. The number of carboxylic acids is 1. The van der Waals surface area contributed by atoms with Crippen molar-refractivity contribution in [1.82, 2.24) is 9.88 Å². The lowest BCUT2D eigenvalue weighted by Crippen LogP contribution is -2.35. The third kappa shape index (κ3) is 2.72. The molecule has 1 aliphatic rings. The Kier molecular flexibility index (Phi) is 4.01. The number of rotatable bonds is 5. The van der Waals surface area contributed by atoms with Crippen LogP contribution in [-0.4, -0.2) is 33.4 Å². The van der Waals surface area contributed by atoms with Crippen molar-refractivity contribution < 1.29 is 14.7 Å². The summed E-state index contributed by atoms with van der Waals surface area (Å²) in [5, 5.41) is 9.33. The molecular weight excluding hydrogens is 368 g/mol. The summed E-state index contributed by atoms with van der Waals surface area (Å²) >= 11 is 6.54. The van der Waals surface area contributed by atoms with Gasteiger partial charge in [0.2, 0.25) is 6.41 Å². The predicted octanol–water partition coefficient (Wildman–Crippen LogP) is 2.35. The highest BCUT2D eigenvalue weighted by molar-refractivity contribution is 9.11. The molecule has 0 bridgehead atoms. The first-order valence-corrected chi connectivity index (χ1v) is 6.89. The SMILES string of the molecule is O=CN(C1CC1)C(C(=O)O)c1ncc(Br)cc1Br. The summed E-state index contributed by atoms with van der Waals surface area (Å²) in [6.07, 6.45) is 3.80. The van der Waals surface area contributed by atoms with E-state index >= 15 is 0 Å². The van der Waals surface area contributed by atoms with Crippen molar-refractivity contribution in [2.45, 2.75) is 24.9 Å². The van der Waals surface area contributed by atoms with E-state index in [2.05, 4.69) is 36.8 Å². The van der Waals surface area contributed by atoms with Gasteiger partial charge in [-0.1, -0.05) is 0 Å². The van der Waals surface area contributed by atoms with Crippen LogP contribution in [0.25, 0.3) is 0 Å². The molecule has 96 valence electrons. The number of halogens is 2. The van der Waals surface area contributed by atoms with Crippen LogP contribution in [0.15, 0.2) is 21.2 Å². The molecule has 5 nitrogen and oxygen atoms in total. The molecule has 1 heterocycles. The number of nitrogens with zero attached hydrogens (tertiary/aromatic N) is 2. The van der Waals surface area contributed by atoms with Crippen LogP contribution in [0.4, 0.5) is 0 Å². The number of pyridine rings is 1. The van der Waals surface area contributed by atoms with Crippen LogP contribution in [0.1, 0.15) is 24.6 Å². The minimum atomic E-state index is -1.08. The lowest BCUT2D eigenvalue weighted by molar-refractivity contribution is -0.147. The molecule has 1 atom stereocenters. The zero-order valence-electron chi connectivity index (χ0n) is 9.22. The minimum absolute atomic E-state index is 0.0148. The van der Waals surface area contributed by atoms with Crippen LogP contribution in [0.2, 0.25) is 0 Å². The largest absolute Gasteiger partial charge is 0.479 e. The van der Waals surface area contributed by atoms with E-state index in [4.69, 9.17) is 0 Å². The van der Waals surface area contributed by atoms with E-state index in [1.807, 2.05) is 0 Å². The molecule has 2 rings (SSSR count). The van der Waals surface area contributed by atoms with Crippen molar-refractivity contribution in [1.29, 1.82) is 0 Å². The molecule has 7 heteroatoms. The molecule has 0 radical (unpaired) electrons. The Morgan fingerprint density at radius 1 is 1.56 bits per heavy atom. The highest BCUT2D eigenvalue weighted by Gasteiger charge is 2.39. The van der Waals surface area contributed by atoms with Crippen molar-refractivity contribution in [3.8, 4) is 0 Å². The molecular formula is C11H10Br2N2O3. The van der Waals surface area contributed by atoms with Gasteiger partial charge in [-0.3, -0.25) is 9.78 Å². The molecule has 1 aromatic rings. The zero-order chi connectivity index (χ0) is 13.3. The molecule has 0 aromatic carbocycles. The molecule has 1 saturated carbocycles. The first-order valence-electron chi connectivity index (χ1n) is 5.31. The normalized spacial score (nSPS) is 16.1. The monoisotopic (exact) mass is 376 g/mol. The first kappa shape index (κ1) is 13.5. The highest BCUT2D eigenvalue weighted by atomic mass is 79.9. The first-order chi connectivity index (χ1) is 8.54. The van der Waals surface area contributed by atoms with Crippen molar-refractivity contribution in [3.63, 3.8) is 0 Å². The lowest BCUT2D eigenvalue weighted by atomic mass is 10.1. The summed E-state index contributed by atoms with van der Waals surface area (Å²) in [6, 6.07) is 0.687. The smallest absolute Gasteiger partial charge is 0.332 e. The van der Waals surface area contributed by atoms with E-state index in [0.717, 1.165) is 17.3 Å². The maximum Gasteiger partial charge on any atom is 0.332 e. The summed E-state index contributed by atoms with van der Waals surface area (Å²) in [7, 11) is 0. The molecule has 0 spiro atoms. The van der Waals surface area contributed by atoms with Gasteiger partial charge in [0.25, 0.3) is 0 Å². The molecule has 0 aliphatic heterocycles. The lowest BCUT2D eigenvalue weighted by Gasteiger charge is -2.25. The van der Waals surface area contributed by atoms with Gasteiger partial charge < -0.3 is 10.0 Å². The Morgan fingerprint density at radius 3 is 2.67 bits per heavy atom. The molecule has 1 amide bonds. The second-order valence-corrected chi connectivity index (χ2v) is 5.82. The molecule has 0 saturated heterocycles. The van der Waals surface area contributed by atoms with Crippen LogP contribution in [0.5, 0.6) is 0 Å². The van der Waals surface area contributed by atoms with Crippen LogP contribution < -0.4 is 0 Å². The summed E-state index contributed by atoms with van der Waals surface area (Å²) < 4.78 is 1.31. The third-order valence-electron chi connectivity index (χ3n) is 2.72. The third-order valence-corrected chi connectivity index (χ3v) is 3.79. The van der Waals surface area contributed by atoms with E-state index in [9.17, 15) is 14.7 Å². The maximum atomic E-state index is 11.4. The molecule has 1 aromatic heterocycles. The van der Waals surface area contributed by atoms with Gasteiger partial charge in [0, 0.05) is 21.2 Å². The fraction of sp³-hybridized carbons (Fsp3) is 0.364. The average molecular weight is 378 g/mol. The number of carbonyl (C=O) groups is 2. The number of hydrogen-bond donors (Lipinski definition) is 1. The van der Waals surface area contributed by atoms with E-state index < -0.39 is 12.0 Å². The van der Waals surface area contributed by atoms with Gasteiger partial charge in [-0.25, -0.2) is 4.79 Å². The number of aromatic nitrogens is 1. The summed E-state index contributed by atoms with van der Waals surface area (Å²) in [6.45, 7) is 0. The standard InChI is InChI=1S/C11H10Br2N2O3/c12-6-3-8(13)9(14-4-6)10(11(17)18)15(5-16)7-1-2-7/h3-5,7,10H,1-2H2,(H,17,18). The average Bonchev–Trinajstić information content (AvgIpc) is 3.10. The number of carboxylic acid groups (broad SMARTS) is 1. The van der Waals surface area contributed by atoms with Gasteiger partial charge in [-0.2, -0.15) is 0 Å². The predicted molar refractivity (Wildman–Crippen MR) is 70.9 cm³/mol. The second kappa shape index (κ2) is 5.36. The highest BCUT2D eigenvalue weighted by Crippen LogP contribution is 2.35. The van der Waals surface area contributed by atoms with Crippen molar-refractivity contribution in [2.24, 2.45) is 0 Å². The van der Waals surface area contributed by atoms with Gasteiger partial charge in [0.1, 0.15) is 0 Å². The van der Waals surface area contributed by atoms with E-state index in [1.165, 1.54) is 11.1 Å². The number of aliphatic carboxylic acids is 1. The Balaban J connectivity index is 2.40. The van der Waals surface area contributed by atoms with Gasteiger partial charge in [-0.15, -0.1) is 0 Å². The molecule has 1 N–H and O–H groups in total. The van der Waals surface area contributed by atoms with Crippen LogP contribution >= 0.6 is 31.9 Å². The van der Waals surface area contributed by atoms with E-state index in [1.54, 1.807) is 6.07 Å². The fourth-order valence-electron chi connectivity index (χ4n) is 1.74. The minimum Gasteiger partial charge on any atom is -0.479 e. The van der Waals surface area contributed by atoms with Crippen LogP contribution in [-0.2, 0) is 9.59 Å².